The summed E-state index contributed by atoms with van der Waals surface area (Å²) in [4.78, 5) is 22.3. The van der Waals surface area contributed by atoms with Gasteiger partial charge in [-0.15, -0.1) is 0 Å². The summed E-state index contributed by atoms with van der Waals surface area (Å²) in [7, 11) is -3.31. The van der Waals surface area contributed by atoms with Gasteiger partial charge in [0, 0.05) is 22.9 Å². The summed E-state index contributed by atoms with van der Waals surface area (Å²) in [6, 6.07) is 12.4. The molecule has 2 aromatic carbocycles. The van der Waals surface area contributed by atoms with Gasteiger partial charge in [0.05, 0.1) is 20.7 Å². The molecule has 0 aliphatic rings. The summed E-state index contributed by atoms with van der Waals surface area (Å²) in [6.07, 6.45) is 1.19. The molecule has 0 unspecified atom stereocenters. The topological polar surface area (TPSA) is 70.6 Å². The Balaban J connectivity index is 2.02. The predicted octanol–water partition coefficient (Wildman–Crippen LogP) is 4.29. The molecule has 0 saturated heterocycles. The summed E-state index contributed by atoms with van der Waals surface area (Å²) >= 11 is 3.51. The van der Waals surface area contributed by atoms with Crippen LogP contribution in [0.3, 0.4) is 0 Å². The van der Waals surface area contributed by atoms with Gasteiger partial charge in [0.2, 0.25) is 0 Å². The second kappa shape index (κ2) is 9.71. The fraction of sp³-hybridized carbons (Fsp3) is 0.333. The van der Waals surface area contributed by atoms with Crippen LogP contribution in [0.2, 0.25) is 0 Å². The highest BCUT2D eigenvalue weighted by Gasteiger charge is 2.23. The second-order valence-electron chi connectivity index (χ2n) is 6.86. The normalized spacial score (nSPS) is 11.9. The van der Waals surface area contributed by atoms with Gasteiger partial charge in [-0.1, -0.05) is 37.3 Å². The van der Waals surface area contributed by atoms with Crippen LogP contribution in [0.4, 0.5) is 5.13 Å². The lowest BCUT2D eigenvalue weighted by molar-refractivity contribution is 0.0983. The van der Waals surface area contributed by atoms with Crippen LogP contribution >= 0.6 is 33.9 Å². The number of aromatic nitrogens is 1. The third-order valence-electron chi connectivity index (χ3n) is 4.89. The van der Waals surface area contributed by atoms with Crippen molar-refractivity contribution in [2.24, 2.45) is 0 Å². The van der Waals surface area contributed by atoms with Crippen LogP contribution in [0.5, 0.6) is 0 Å². The summed E-state index contributed by atoms with van der Waals surface area (Å²) in [6.45, 7) is 7.23. The maximum absolute atomic E-state index is 13.4. The lowest BCUT2D eigenvalue weighted by Crippen LogP contribution is -2.39. The lowest BCUT2D eigenvalue weighted by atomic mass is 10.2. The molecule has 0 saturated carbocycles. The second-order valence-corrected chi connectivity index (χ2v) is 11.0. The standard InChI is InChI=1S/C21H24IN3O3S2/c1-4-24(5-2)12-13-25(20(26)16-8-6-7-9-17(16)22)21-23-18-11-10-15(30(3,27)28)14-19(18)29-21/h6-11,14H,4-5,12-13H2,1-3H3. The minimum Gasteiger partial charge on any atom is -0.302 e. The molecule has 0 atom stereocenters. The molecule has 0 fully saturated rings. The fourth-order valence-corrected chi connectivity index (χ4v) is 5.45. The van der Waals surface area contributed by atoms with E-state index >= 15 is 0 Å². The Labute approximate surface area is 195 Å². The number of sulfone groups is 1. The van der Waals surface area contributed by atoms with Crippen molar-refractivity contribution in [1.29, 1.82) is 0 Å². The molecule has 1 heterocycles. The monoisotopic (exact) mass is 557 g/mol. The Bertz CT molecular complexity index is 1160. The zero-order valence-corrected chi connectivity index (χ0v) is 20.9. The van der Waals surface area contributed by atoms with Crippen molar-refractivity contribution in [3.8, 4) is 0 Å². The summed E-state index contributed by atoms with van der Waals surface area (Å²) in [5, 5.41) is 0.576. The first kappa shape index (κ1) is 23.1. The van der Waals surface area contributed by atoms with Gasteiger partial charge < -0.3 is 4.90 Å². The highest BCUT2D eigenvalue weighted by molar-refractivity contribution is 14.1. The average Bonchev–Trinajstić information content (AvgIpc) is 3.13. The Morgan fingerprint density at radius 3 is 2.43 bits per heavy atom. The van der Waals surface area contributed by atoms with Crippen molar-refractivity contribution in [3.63, 3.8) is 0 Å². The molecular formula is C21H24IN3O3S2. The number of nitrogens with zero attached hydrogens (tertiary/aromatic N) is 3. The van der Waals surface area contributed by atoms with Crippen molar-refractivity contribution in [3.05, 3.63) is 51.6 Å². The maximum Gasteiger partial charge on any atom is 0.261 e. The third kappa shape index (κ3) is 5.19. The molecule has 0 aliphatic carbocycles. The SMILES string of the molecule is CCN(CC)CCN(C(=O)c1ccccc1I)c1nc2ccc(S(C)(=O)=O)cc2s1. The van der Waals surface area contributed by atoms with Gasteiger partial charge in [-0.05, 0) is 66.0 Å². The van der Waals surface area contributed by atoms with Gasteiger partial charge in [-0.2, -0.15) is 0 Å². The van der Waals surface area contributed by atoms with Crippen molar-refractivity contribution >= 4 is 65.0 Å². The molecule has 0 bridgehead atoms. The van der Waals surface area contributed by atoms with Gasteiger partial charge >= 0.3 is 0 Å². The number of amides is 1. The first-order valence-electron chi connectivity index (χ1n) is 9.64. The van der Waals surface area contributed by atoms with Gasteiger partial charge in [-0.3, -0.25) is 9.69 Å². The molecule has 0 aliphatic heterocycles. The maximum atomic E-state index is 13.4. The Morgan fingerprint density at radius 2 is 1.80 bits per heavy atom. The van der Waals surface area contributed by atoms with Crippen LogP contribution < -0.4 is 4.90 Å². The average molecular weight is 557 g/mol. The van der Waals surface area contributed by atoms with Crippen molar-refractivity contribution in [2.45, 2.75) is 18.7 Å². The number of carbonyl (C=O) groups excluding carboxylic acids is 1. The smallest absolute Gasteiger partial charge is 0.261 e. The van der Waals surface area contributed by atoms with E-state index in [1.54, 1.807) is 23.1 Å². The number of fused-ring (bicyclic) bond motifs is 1. The first-order valence-corrected chi connectivity index (χ1v) is 13.4. The quantitative estimate of drug-likeness (QED) is 0.387. The van der Waals surface area contributed by atoms with Gasteiger partial charge in [-0.25, -0.2) is 13.4 Å². The molecule has 0 radical (unpaired) electrons. The van der Waals surface area contributed by atoms with Crippen LogP contribution in [0.1, 0.15) is 24.2 Å². The van der Waals surface area contributed by atoms with E-state index in [1.807, 2.05) is 24.3 Å². The van der Waals surface area contributed by atoms with Crippen LogP contribution in [0.25, 0.3) is 10.2 Å². The van der Waals surface area contributed by atoms with Crippen molar-refractivity contribution in [2.75, 3.05) is 37.3 Å². The molecule has 6 nitrogen and oxygen atoms in total. The summed E-state index contributed by atoms with van der Waals surface area (Å²) in [5.74, 6) is -0.102. The summed E-state index contributed by atoms with van der Waals surface area (Å²) in [5.41, 5.74) is 1.32. The Hall–Kier alpha value is -1.56. The van der Waals surface area contributed by atoms with Gasteiger partial charge in [0.25, 0.3) is 5.91 Å². The molecule has 1 aromatic heterocycles. The first-order chi connectivity index (χ1) is 14.2. The number of thiazole rings is 1. The number of hydrogen-bond donors (Lipinski definition) is 0. The molecule has 9 heteroatoms. The molecule has 3 rings (SSSR count). The number of rotatable bonds is 8. The summed E-state index contributed by atoms with van der Waals surface area (Å²) < 4.78 is 25.4. The zero-order valence-electron chi connectivity index (χ0n) is 17.1. The van der Waals surface area contributed by atoms with Crippen molar-refractivity contribution < 1.29 is 13.2 Å². The molecule has 30 heavy (non-hydrogen) atoms. The predicted molar refractivity (Wildman–Crippen MR) is 131 cm³/mol. The van der Waals surface area contributed by atoms with E-state index in [1.165, 1.54) is 17.6 Å². The van der Waals surface area contributed by atoms with Gasteiger partial charge in [0.15, 0.2) is 15.0 Å². The molecule has 0 N–H and O–H groups in total. The zero-order chi connectivity index (χ0) is 21.9. The minimum atomic E-state index is -3.31. The van der Waals surface area contributed by atoms with Crippen LogP contribution in [-0.2, 0) is 9.84 Å². The highest BCUT2D eigenvalue weighted by Crippen LogP contribution is 2.32. The number of carbonyl (C=O) groups is 1. The Kier molecular flexibility index (Phi) is 7.48. The number of halogens is 1. The molecular weight excluding hydrogens is 533 g/mol. The Morgan fingerprint density at radius 1 is 1.10 bits per heavy atom. The van der Waals surface area contributed by atoms with E-state index in [2.05, 4.69) is 46.3 Å². The highest BCUT2D eigenvalue weighted by atomic mass is 127. The van der Waals surface area contributed by atoms with E-state index < -0.39 is 9.84 Å². The van der Waals surface area contributed by atoms with E-state index in [0.29, 0.717) is 22.8 Å². The van der Waals surface area contributed by atoms with E-state index in [-0.39, 0.29) is 10.8 Å². The van der Waals surface area contributed by atoms with E-state index in [9.17, 15) is 13.2 Å². The minimum absolute atomic E-state index is 0.102. The molecule has 1 amide bonds. The number of hydrogen-bond acceptors (Lipinski definition) is 6. The molecule has 3 aromatic rings. The third-order valence-corrected chi connectivity index (χ3v) is 7.98. The van der Waals surface area contributed by atoms with E-state index in [0.717, 1.165) is 27.9 Å². The van der Waals surface area contributed by atoms with Crippen LogP contribution in [0.15, 0.2) is 47.4 Å². The lowest BCUT2D eigenvalue weighted by Gasteiger charge is -2.25. The van der Waals surface area contributed by atoms with Gasteiger partial charge in [0.1, 0.15) is 0 Å². The number of likely N-dealkylation sites (N-methyl/N-ethyl adjacent to an activating group) is 1. The fourth-order valence-electron chi connectivity index (χ4n) is 3.08. The van der Waals surface area contributed by atoms with Crippen LogP contribution in [0, 0.1) is 3.57 Å². The van der Waals surface area contributed by atoms with E-state index in [4.69, 9.17) is 0 Å². The number of benzene rings is 2. The molecule has 0 spiro atoms. The van der Waals surface area contributed by atoms with Crippen LogP contribution in [-0.4, -0.2) is 56.6 Å². The number of anilines is 1. The molecule has 160 valence electrons. The largest absolute Gasteiger partial charge is 0.302 e. The van der Waals surface area contributed by atoms with Crippen molar-refractivity contribution in [1.82, 2.24) is 9.88 Å².